The molecule has 18 heavy (non-hydrogen) atoms. The van der Waals surface area contributed by atoms with E-state index >= 15 is 0 Å². The van der Waals surface area contributed by atoms with Crippen molar-refractivity contribution in [2.24, 2.45) is 0 Å². The highest BCUT2D eigenvalue weighted by atomic mass is 19.4. The van der Waals surface area contributed by atoms with Gasteiger partial charge in [0.1, 0.15) is 0 Å². The number of rotatable bonds is 3. The first-order chi connectivity index (χ1) is 8.09. The fourth-order valence-corrected chi connectivity index (χ4v) is 0.857. The molecule has 0 spiro atoms. The smallest absolute Gasteiger partial charge is 0.388 e. The van der Waals surface area contributed by atoms with Crippen molar-refractivity contribution in [2.75, 3.05) is 12.4 Å². The molecular formula is C7H5F6N3O2. The zero-order valence-corrected chi connectivity index (χ0v) is 8.56. The molecular weight excluding hydrogens is 272 g/mol. The second-order valence-corrected chi connectivity index (χ2v) is 2.71. The number of hydrogen-bond donors (Lipinski definition) is 1. The molecule has 0 aliphatic heterocycles. The van der Waals surface area contributed by atoms with Crippen molar-refractivity contribution in [3.8, 4) is 11.8 Å². The number of hydrogen-bond acceptors (Lipinski definition) is 5. The topological polar surface area (TPSA) is 56.3 Å². The van der Waals surface area contributed by atoms with Crippen molar-refractivity contribution in [2.45, 2.75) is 12.7 Å². The molecule has 0 saturated carbocycles. The minimum absolute atomic E-state index is 0.266. The number of halogens is 6. The molecule has 5 nitrogen and oxygen atoms in total. The standard InChI is InChI=1S/C7H5F6N3O2/c1-14-5-15-3(17-6(8,9)10)2-4(16-5)18-7(11,12)13/h2H,1H3,(H,14,15,16). The van der Waals surface area contributed by atoms with Crippen molar-refractivity contribution in [3.05, 3.63) is 6.07 Å². The molecule has 1 rings (SSSR count). The Hall–Kier alpha value is -1.94. The lowest BCUT2D eigenvalue weighted by Crippen LogP contribution is -2.20. The van der Waals surface area contributed by atoms with E-state index < -0.39 is 30.4 Å². The molecule has 102 valence electrons. The average Bonchev–Trinajstić information content (AvgIpc) is 2.11. The van der Waals surface area contributed by atoms with Gasteiger partial charge in [-0.2, -0.15) is 9.97 Å². The largest absolute Gasteiger partial charge is 0.574 e. The van der Waals surface area contributed by atoms with E-state index in [-0.39, 0.29) is 6.07 Å². The maximum atomic E-state index is 11.9. The number of nitrogens with one attached hydrogen (secondary N) is 1. The minimum Gasteiger partial charge on any atom is -0.388 e. The molecule has 1 N–H and O–H groups in total. The maximum Gasteiger partial charge on any atom is 0.574 e. The van der Waals surface area contributed by atoms with Crippen molar-refractivity contribution in [1.82, 2.24) is 9.97 Å². The van der Waals surface area contributed by atoms with Gasteiger partial charge in [-0.3, -0.25) is 0 Å². The van der Waals surface area contributed by atoms with Crippen LogP contribution in [0.15, 0.2) is 6.07 Å². The average molecular weight is 277 g/mol. The molecule has 0 atom stereocenters. The molecule has 0 radical (unpaired) electrons. The number of ether oxygens (including phenoxy) is 2. The Labute approximate surface area is 95.7 Å². The van der Waals surface area contributed by atoms with Crippen molar-refractivity contribution in [1.29, 1.82) is 0 Å². The second-order valence-electron chi connectivity index (χ2n) is 2.71. The summed E-state index contributed by atoms with van der Waals surface area (Å²) in [6.45, 7) is 0. The predicted octanol–water partition coefficient (Wildman–Crippen LogP) is 2.32. The molecule has 1 heterocycles. The van der Waals surface area contributed by atoms with Gasteiger partial charge in [0.25, 0.3) is 0 Å². The molecule has 0 bridgehead atoms. The van der Waals surface area contributed by atoms with Crippen LogP contribution in [-0.4, -0.2) is 29.7 Å². The molecule has 0 fully saturated rings. The third kappa shape index (κ3) is 4.93. The molecule has 0 unspecified atom stereocenters. The summed E-state index contributed by atoms with van der Waals surface area (Å²) >= 11 is 0. The number of aromatic nitrogens is 2. The Morgan fingerprint density at radius 3 is 1.61 bits per heavy atom. The fraction of sp³-hybridized carbons (Fsp3) is 0.429. The van der Waals surface area contributed by atoms with Crippen LogP contribution in [0, 0.1) is 0 Å². The van der Waals surface area contributed by atoms with Gasteiger partial charge in [-0.25, -0.2) is 0 Å². The SMILES string of the molecule is CNc1nc(OC(F)(F)F)cc(OC(F)(F)F)n1. The van der Waals surface area contributed by atoms with Crippen molar-refractivity contribution < 1.29 is 35.8 Å². The van der Waals surface area contributed by atoms with Gasteiger partial charge in [-0.05, 0) is 0 Å². The first-order valence-corrected chi connectivity index (χ1v) is 4.17. The monoisotopic (exact) mass is 277 g/mol. The van der Waals surface area contributed by atoms with Gasteiger partial charge >= 0.3 is 12.7 Å². The van der Waals surface area contributed by atoms with Gasteiger partial charge in [-0.1, -0.05) is 0 Å². The first-order valence-electron chi connectivity index (χ1n) is 4.17. The van der Waals surface area contributed by atoms with Crippen LogP contribution in [0.2, 0.25) is 0 Å². The Kier molecular flexibility index (Phi) is 3.72. The summed E-state index contributed by atoms with van der Waals surface area (Å²) in [6.07, 6.45) is -10.2. The summed E-state index contributed by atoms with van der Waals surface area (Å²) in [7, 11) is 1.20. The van der Waals surface area contributed by atoms with E-state index in [4.69, 9.17) is 0 Å². The van der Waals surface area contributed by atoms with Crippen LogP contribution >= 0.6 is 0 Å². The summed E-state index contributed by atoms with van der Waals surface area (Å²) < 4.78 is 78.0. The zero-order valence-electron chi connectivity index (χ0n) is 8.56. The Morgan fingerprint density at radius 2 is 1.33 bits per heavy atom. The normalized spacial score (nSPS) is 12.2. The minimum atomic E-state index is -5.09. The van der Waals surface area contributed by atoms with Gasteiger partial charge in [0, 0.05) is 7.05 Å². The van der Waals surface area contributed by atoms with Crippen molar-refractivity contribution in [3.63, 3.8) is 0 Å². The van der Waals surface area contributed by atoms with E-state index in [0.717, 1.165) is 0 Å². The van der Waals surface area contributed by atoms with Gasteiger partial charge in [0.2, 0.25) is 17.7 Å². The fourth-order valence-electron chi connectivity index (χ4n) is 0.857. The molecule has 0 aliphatic carbocycles. The van der Waals surface area contributed by atoms with Crippen LogP contribution in [0.1, 0.15) is 0 Å². The highest BCUT2D eigenvalue weighted by molar-refractivity contribution is 5.33. The van der Waals surface area contributed by atoms with Gasteiger partial charge < -0.3 is 14.8 Å². The molecule has 0 amide bonds. The van der Waals surface area contributed by atoms with E-state index in [2.05, 4.69) is 24.8 Å². The highest BCUT2D eigenvalue weighted by Crippen LogP contribution is 2.27. The highest BCUT2D eigenvalue weighted by Gasteiger charge is 2.35. The molecule has 1 aromatic rings. The summed E-state index contributed by atoms with van der Waals surface area (Å²) in [5.41, 5.74) is 0. The van der Waals surface area contributed by atoms with Gasteiger partial charge in [0.15, 0.2) is 0 Å². The Balaban J connectivity index is 3.02. The van der Waals surface area contributed by atoms with Crippen LogP contribution in [0.3, 0.4) is 0 Å². The van der Waals surface area contributed by atoms with Crippen molar-refractivity contribution >= 4 is 5.95 Å². The quantitative estimate of drug-likeness (QED) is 0.859. The number of anilines is 1. The predicted molar refractivity (Wildman–Crippen MR) is 44.9 cm³/mol. The maximum absolute atomic E-state index is 11.9. The van der Waals surface area contributed by atoms with Crippen LogP contribution < -0.4 is 14.8 Å². The zero-order chi connectivity index (χ0) is 14.0. The van der Waals surface area contributed by atoms with E-state index in [9.17, 15) is 26.3 Å². The van der Waals surface area contributed by atoms with Crippen LogP contribution in [-0.2, 0) is 0 Å². The first kappa shape index (κ1) is 14.1. The summed E-state index contributed by atoms with van der Waals surface area (Å²) in [5.74, 6) is -2.77. The van der Waals surface area contributed by atoms with Crippen LogP contribution in [0.5, 0.6) is 11.8 Å². The van der Waals surface area contributed by atoms with E-state index in [1.165, 1.54) is 7.05 Å². The molecule has 0 saturated heterocycles. The van der Waals surface area contributed by atoms with Crippen LogP contribution in [0.25, 0.3) is 0 Å². The van der Waals surface area contributed by atoms with Gasteiger partial charge in [0.05, 0.1) is 6.07 Å². The number of alkyl halides is 6. The molecule has 1 aromatic heterocycles. The van der Waals surface area contributed by atoms with E-state index in [1.54, 1.807) is 0 Å². The summed E-state index contributed by atoms with van der Waals surface area (Å²) in [5, 5.41) is 2.16. The lowest BCUT2D eigenvalue weighted by molar-refractivity contribution is -0.278. The Morgan fingerprint density at radius 1 is 0.944 bits per heavy atom. The summed E-state index contributed by atoms with van der Waals surface area (Å²) in [4.78, 5) is 6.31. The molecule has 0 aliphatic rings. The molecule has 11 heteroatoms. The van der Waals surface area contributed by atoms with Crippen LogP contribution in [0.4, 0.5) is 32.3 Å². The van der Waals surface area contributed by atoms with E-state index in [0.29, 0.717) is 0 Å². The third-order valence-corrected chi connectivity index (χ3v) is 1.34. The lowest BCUT2D eigenvalue weighted by atomic mass is 10.6. The van der Waals surface area contributed by atoms with Gasteiger partial charge in [-0.15, -0.1) is 26.3 Å². The number of nitrogens with zero attached hydrogens (tertiary/aromatic N) is 2. The van der Waals surface area contributed by atoms with E-state index in [1.807, 2.05) is 0 Å². The summed E-state index contributed by atoms with van der Waals surface area (Å²) in [6, 6.07) is 0.266. The Bertz CT molecular complexity index is 384. The lowest BCUT2D eigenvalue weighted by Gasteiger charge is -2.12. The molecule has 0 aromatic carbocycles. The third-order valence-electron chi connectivity index (χ3n) is 1.34. The second kappa shape index (κ2) is 4.74.